The van der Waals surface area contributed by atoms with Crippen LogP contribution in [0.4, 0.5) is 0 Å². The molecule has 0 amide bonds. The number of nitrogens with zero attached hydrogens (tertiary/aromatic N) is 1. The predicted molar refractivity (Wildman–Crippen MR) is 95.6 cm³/mol. The van der Waals surface area contributed by atoms with Crippen LogP contribution in [0.25, 0.3) is 10.8 Å². The Morgan fingerprint density at radius 1 is 1.21 bits per heavy atom. The molecule has 0 fully saturated rings. The highest BCUT2D eigenvalue weighted by atomic mass is 32.2. The summed E-state index contributed by atoms with van der Waals surface area (Å²) in [6, 6.07) is 13.7. The van der Waals surface area contributed by atoms with Crippen molar-refractivity contribution in [1.29, 1.82) is 5.26 Å². The Kier molecular flexibility index (Phi) is 6.18. The predicted octanol–water partition coefficient (Wildman–Crippen LogP) is 3.18. The maximum Gasteiger partial charge on any atom is 0.211 e. The Morgan fingerprint density at radius 3 is 2.62 bits per heavy atom. The van der Waals surface area contributed by atoms with E-state index in [9.17, 15) is 8.42 Å². The molecule has 6 heteroatoms. The number of ether oxygens (including phenoxy) is 1. The maximum atomic E-state index is 11.8. The van der Waals surface area contributed by atoms with Gasteiger partial charge >= 0.3 is 0 Å². The molecule has 0 radical (unpaired) electrons. The summed E-state index contributed by atoms with van der Waals surface area (Å²) in [4.78, 5) is 0. The second-order valence-electron chi connectivity index (χ2n) is 5.78. The summed E-state index contributed by atoms with van der Waals surface area (Å²) in [6.07, 6.45) is 0.607. The highest BCUT2D eigenvalue weighted by molar-refractivity contribution is 7.89. The molecule has 0 aliphatic heterocycles. The van der Waals surface area contributed by atoms with Crippen molar-refractivity contribution in [3.05, 3.63) is 42.0 Å². The third-order valence-electron chi connectivity index (χ3n) is 3.79. The van der Waals surface area contributed by atoms with Gasteiger partial charge in [-0.3, -0.25) is 0 Å². The third-order valence-corrected chi connectivity index (χ3v) is 5.34. The SMILES string of the molecule is CCCS(=O)(=O)NCC(C)c1ccc2cc(OCC#N)ccc2c1. The maximum absolute atomic E-state index is 11.8. The molecular weight excluding hydrogens is 324 g/mol. The van der Waals surface area contributed by atoms with Crippen LogP contribution in [-0.4, -0.2) is 27.3 Å². The second kappa shape index (κ2) is 8.13. The quantitative estimate of drug-likeness (QED) is 0.796. The number of fused-ring (bicyclic) bond motifs is 1. The van der Waals surface area contributed by atoms with Gasteiger partial charge < -0.3 is 4.74 Å². The number of sulfonamides is 1. The molecule has 0 aromatic heterocycles. The molecule has 0 saturated carbocycles. The Bertz CT molecular complexity index is 841. The number of benzene rings is 2. The van der Waals surface area contributed by atoms with Crippen LogP contribution in [0, 0.1) is 11.3 Å². The zero-order valence-corrected chi connectivity index (χ0v) is 14.8. The number of nitriles is 1. The number of rotatable bonds is 8. The zero-order valence-electron chi connectivity index (χ0n) is 14.0. The van der Waals surface area contributed by atoms with E-state index in [0.29, 0.717) is 18.7 Å². The first-order valence-electron chi connectivity index (χ1n) is 7.96. The van der Waals surface area contributed by atoms with Gasteiger partial charge in [0.05, 0.1) is 5.75 Å². The fraction of sp³-hybridized carbons (Fsp3) is 0.389. The molecule has 2 rings (SSSR count). The molecule has 0 saturated heterocycles. The Balaban J connectivity index is 2.11. The third kappa shape index (κ3) is 4.95. The van der Waals surface area contributed by atoms with Gasteiger partial charge in [0, 0.05) is 6.54 Å². The van der Waals surface area contributed by atoms with Gasteiger partial charge in [-0.05, 0) is 40.8 Å². The van der Waals surface area contributed by atoms with Crippen LogP contribution >= 0.6 is 0 Å². The summed E-state index contributed by atoms with van der Waals surface area (Å²) in [5, 5.41) is 10.6. The first-order valence-corrected chi connectivity index (χ1v) is 9.61. The molecule has 0 heterocycles. The monoisotopic (exact) mass is 346 g/mol. The van der Waals surface area contributed by atoms with Crippen LogP contribution in [0.3, 0.4) is 0 Å². The molecular formula is C18H22N2O3S. The van der Waals surface area contributed by atoms with Crippen LogP contribution in [0.5, 0.6) is 5.75 Å². The van der Waals surface area contributed by atoms with Crippen molar-refractivity contribution in [3.63, 3.8) is 0 Å². The molecule has 0 bridgehead atoms. The number of nitrogens with one attached hydrogen (secondary N) is 1. The first-order chi connectivity index (χ1) is 11.4. The van der Waals surface area contributed by atoms with E-state index in [2.05, 4.69) is 10.8 Å². The van der Waals surface area contributed by atoms with Crippen molar-refractivity contribution in [2.45, 2.75) is 26.2 Å². The molecule has 128 valence electrons. The lowest BCUT2D eigenvalue weighted by molar-refractivity contribution is 0.368. The van der Waals surface area contributed by atoms with E-state index in [4.69, 9.17) is 10.00 Å². The highest BCUT2D eigenvalue weighted by Gasteiger charge is 2.12. The zero-order chi connectivity index (χ0) is 17.6. The van der Waals surface area contributed by atoms with Gasteiger partial charge in [-0.2, -0.15) is 5.26 Å². The summed E-state index contributed by atoms with van der Waals surface area (Å²) in [5.41, 5.74) is 1.08. The van der Waals surface area contributed by atoms with Crippen molar-refractivity contribution >= 4 is 20.8 Å². The molecule has 2 aromatic carbocycles. The van der Waals surface area contributed by atoms with Gasteiger partial charge in [0.25, 0.3) is 0 Å². The molecule has 0 aliphatic carbocycles. The van der Waals surface area contributed by atoms with E-state index in [-0.39, 0.29) is 18.3 Å². The van der Waals surface area contributed by atoms with E-state index in [1.165, 1.54) is 0 Å². The van der Waals surface area contributed by atoms with Crippen molar-refractivity contribution in [1.82, 2.24) is 4.72 Å². The van der Waals surface area contributed by atoms with E-state index in [0.717, 1.165) is 16.3 Å². The molecule has 0 spiro atoms. The number of hydrogen-bond donors (Lipinski definition) is 1. The van der Waals surface area contributed by atoms with Crippen LogP contribution < -0.4 is 9.46 Å². The smallest absolute Gasteiger partial charge is 0.211 e. The van der Waals surface area contributed by atoms with Gasteiger partial charge in [0.1, 0.15) is 11.8 Å². The van der Waals surface area contributed by atoms with Crippen LogP contribution in [0.15, 0.2) is 36.4 Å². The van der Waals surface area contributed by atoms with Crippen molar-refractivity contribution < 1.29 is 13.2 Å². The van der Waals surface area contributed by atoms with E-state index < -0.39 is 10.0 Å². The van der Waals surface area contributed by atoms with Gasteiger partial charge in [0.15, 0.2) is 6.61 Å². The molecule has 1 N–H and O–H groups in total. The Labute approximate surface area is 143 Å². The van der Waals surface area contributed by atoms with Gasteiger partial charge in [0.2, 0.25) is 10.0 Å². The molecule has 1 unspecified atom stereocenters. The largest absolute Gasteiger partial charge is 0.479 e. The fourth-order valence-electron chi connectivity index (χ4n) is 2.46. The first kappa shape index (κ1) is 18.2. The van der Waals surface area contributed by atoms with Crippen molar-refractivity contribution in [2.75, 3.05) is 18.9 Å². The van der Waals surface area contributed by atoms with E-state index >= 15 is 0 Å². The molecule has 5 nitrogen and oxygen atoms in total. The van der Waals surface area contributed by atoms with Crippen molar-refractivity contribution in [2.24, 2.45) is 0 Å². The highest BCUT2D eigenvalue weighted by Crippen LogP contribution is 2.25. The lowest BCUT2D eigenvalue weighted by Gasteiger charge is -2.14. The van der Waals surface area contributed by atoms with Crippen LogP contribution in [-0.2, 0) is 10.0 Å². The van der Waals surface area contributed by atoms with Crippen molar-refractivity contribution in [3.8, 4) is 11.8 Å². The van der Waals surface area contributed by atoms with E-state index in [1.807, 2.05) is 50.2 Å². The summed E-state index contributed by atoms with van der Waals surface area (Å²) in [5.74, 6) is 0.899. The molecule has 0 aliphatic rings. The second-order valence-corrected chi connectivity index (χ2v) is 7.71. The summed E-state index contributed by atoms with van der Waals surface area (Å²) >= 11 is 0. The van der Waals surface area contributed by atoms with Crippen LogP contribution in [0.1, 0.15) is 31.7 Å². The van der Waals surface area contributed by atoms with Crippen LogP contribution in [0.2, 0.25) is 0 Å². The molecule has 2 aromatic rings. The lowest BCUT2D eigenvalue weighted by Crippen LogP contribution is -2.29. The topological polar surface area (TPSA) is 79.2 Å². The Morgan fingerprint density at radius 2 is 1.92 bits per heavy atom. The minimum atomic E-state index is -3.18. The molecule has 1 atom stereocenters. The fourth-order valence-corrected chi connectivity index (χ4v) is 3.65. The standard InChI is InChI=1S/C18H22N2O3S/c1-3-10-24(21,22)20-13-14(2)15-4-5-17-12-18(23-9-8-19)7-6-16(17)11-15/h4-7,11-12,14,20H,3,9-10,13H2,1-2H3. The minimum absolute atomic E-state index is 0.0263. The van der Waals surface area contributed by atoms with Gasteiger partial charge in [-0.25, -0.2) is 13.1 Å². The number of hydrogen-bond acceptors (Lipinski definition) is 4. The van der Waals surface area contributed by atoms with Gasteiger partial charge in [-0.15, -0.1) is 0 Å². The summed E-state index contributed by atoms with van der Waals surface area (Å²) < 4.78 is 31.5. The average molecular weight is 346 g/mol. The lowest BCUT2D eigenvalue weighted by atomic mass is 9.98. The normalized spacial score (nSPS) is 12.7. The minimum Gasteiger partial charge on any atom is -0.479 e. The van der Waals surface area contributed by atoms with E-state index in [1.54, 1.807) is 0 Å². The van der Waals surface area contributed by atoms with Gasteiger partial charge in [-0.1, -0.05) is 38.1 Å². The molecule has 24 heavy (non-hydrogen) atoms. The average Bonchev–Trinajstić information content (AvgIpc) is 2.57. The summed E-state index contributed by atoms with van der Waals surface area (Å²) in [7, 11) is -3.18. The summed E-state index contributed by atoms with van der Waals surface area (Å²) in [6.45, 7) is 4.26. The Hall–Kier alpha value is -2.10.